The Morgan fingerprint density at radius 3 is 2.34 bits per heavy atom. The van der Waals surface area contributed by atoms with E-state index in [1.165, 1.54) is 54.5 Å². The van der Waals surface area contributed by atoms with Crippen LogP contribution in [0.2, 0.25) is 5.02 Å². The molecule has 0 aliphatic rings. The van der Waals surface area contributed by atoms with E-state index >= 15 is 0 Å². The smallest absolute Gasteiger partial charge is 0.341 e. The van der Waals surface area contributed by atoms with E-state index in [0.717, 1.165) is 11.1 Å². The Labute approximate surface area is 301 Å². The fourth-order valence-electron chi connectivity index (χ4n) is 4.75. The summed E-state index contributed by atoms with van der Waals surface area (Å²) in [6.45, 7) is 3.69. The molecule has 1 heterocycles. The molecule has 50 heavy (non-hydrogen) atoms. The predicted molar refractivity (Wildman–Crippen MR) is 198 cm³/mol. The molecule has 0 spiro atoms. The van der Waals surface area contributed by atoms with Crippen molar-refractivity contribution >= 4 is 75.2 Å². The number of aryl methyl sites for hydroxylation is 1. The number of carbonyl (C=O) groups excluding carboxylic acids is 4. The Kier molecular flexibility index (Phi) is 11.9. The van der Waals surface area contributed by atoms with Gasteiger partial charge in [-0.1, -0.05) is 71.8 Å². The molecule has 8 nitrogen and oxygen atoms in total. The molecule has 3 amide bonds. The van der Waals surface area contributed by atoms with Crippen LogP contribution in [0.25, 0.3) is 17.2 Å². The van der Waals surface area contributed by atoms with Crippen molar-refractivity contribution in [3.8, 4) is 11.1 Å². The molecule has 1 aromatic heterocycles. The van der Waals surface area contributed by atoms with Gasteiger partial charge in [-0.15, -0.1) is 23.1 Å². The van der Waals surface area contributed by atoms with Crippen LogP contribution in [-0.2, 0) is 14.3 Å². The predicted octanol–water partition coefficient (Wildman–Crippen LogP) is 8.83. The number of ether oxygens (including phenoxy) is 1. The van der Waals surface area contributed by atoms with Gasteiger partial charge in [-0.05, 0) is 68.0 Å². The third-order valence-electron chi connectivity index (χ3n) is 7.37. The minimum Gasteiger partial charge on any atom is -0.465 e. The van der Waals surface area contributed by atoms with E-state index in [0.29, 0.717) is 26.7 Å². The van der Waals surface area contributed by atoms with Gasteiger partial charge in [-0.2, -0.15) is 0 Å². The molecular weight excluding hydrogens is 697 g/mol. The minimum absolute atomic E-state index is 0.0579. The van der Waals surface area contributed by atoms with Crippen LogP contribution in [0.15, 0.2) is 113 Å². The number of carbonyl (C=O) groups is 4. The van der Waals surface area contributed by atoms with E-state index in [2.05, 4.69) is 16.0 Å². The molecular formula is C38H31ClFN3O5S2. The summed E-state index contributed by atoms with van der Waals surface area (Å²) >= 11 is 8.68. The lowest BCUT2D eigenvalue weighted by atomic mass is 10.0. The summed E-state index contributed by atoms with van der Waals surface area (Å²) in [5.74, 6) is -2.88. The molecule has 3 N–H and O–H groups in total. The summed E-state index contributed by atoms with van der Waals surface area (Å²) < 4.78 is 19.7. The number of thioether (sulfide) groups is 1. The number of esters is 1. The highest BCUT2D eigenvalue weighted by molar-refractivity contribution is 8.00. The van der Waals surface area contributed by atoms with E-state index in [9.17, 15) is 23.6 Å². The van der Waals surface area contributed by atoms with E-state index in [4.69, 9.17) is 16.3 Å². The van der Waals surface area contributed by atoms with Gasteiger partial charge in [0.05, 0.1) is 17.4 Å². The molecule has 4 aromatic carbocycles. The summed E-state index contributed by atoms with van der Waals surface area (Å²) in [7, 11) is 1.29. The number of hydrogen-bond donors (Lipinski definition) is 3. The average molecular weight is 728 g/mol. The van der Waals surface area contributed by atoms with Crippen molar-refractivity contribution in [3.63, 3.8) is 0 Å². The van der Waals surface area contributed by atoms with Crippen LogP contribution in [0.4, 0.5) is 15.1 Å². The van der Waals surface area contributed by atoms with Crippen molar-refractivity contribution in [1.29, 1.82) is 0 Å². The van der Waals surface area contributed by atoms with Gasteiger partial charge < -0.3 is 20.7 Å². The zero-order valence-corrected chi connectivity index (χ0v) is 29.5. The summed E-state index contributed by atoms with van der Waals surface area (Å²) in [6.07, 6.45) is 1.18. The maximum atomic E-state index is 14.7. The Hall–Kier alpha value is -5.23. The fourth-order valence-corrected chi connectivity index (χ4v) is 6.86. The molecule has 254 valence electrons. The van der Waals surface area contributed by atoms with Crippen molar-refractivity contribution in [2.45, 2.75) is 24.0 Å². The SMILES string of the molecule is COC(=O)c1c(-c2ccc(C)cc2)csc1NC(=O)C(C)Sc1cccc(NC(=O)/C(=C\c2c(F)cccc2Cl)NC(=O)c2ccccc2)c1. The van der Waals surface area contributed by atoms with Crippen LogP contribution >= 0.6 is 34.7 Å². The molecule has 0 saturated carbocycles. The molecule has 1 unspecified atom stereocenters. The minimum atomic E-state index is -0.723. The first-order valence-corrected chi connectivity index (χ1v) is 17.4. The van der Waals surface area contributed by atoms with Crippen LogP contribution in [0.5, 0.6) is 0 Å². The van der Waals surface area contributed by atoms with Gasteiger partial charge in [0.15, 0.2) is 0 Å². The van der Waals surface area contributed by atoms with Gasteiger partial charge in [0.2, 0.25) is 5.91 Å². The van der Waals surface area contributed by atoms with Crippen LogP contribution < -0.4 is 16.0 Å². The second kappa shape index (κ2) is 16.4. The monoisotopic (exact) mass is 727 g/mol. The molecule has 1 atom stereocenters. The lowest BCUT2D eigenvalue weighted by Crippen LogP contribution is -2.30. The first-order valence-electron chi connectivity index (χ1n) is 15.2. The number of rotatable bonds is 11. The highest BCUT2D eigenvalue weighted by Crippen LogP contribution is 2.37. The second-order valence-corrected chi connectivity index (χ2v) is 13.7. The quantitative estimate of drug-likeness (QED) is 0.0712. The number of hydrogen-bond acceptors (Lipinski definition) is 7. The summed E-state index contributed by atoms with van der Waals surface area (Å²) in [6, 6.07) is 26.8. The highest BCUT2D eigenvalue weighted by Gasteiger charge is 2.25. The number of nitrogens with one attached hydrogen (secondary N) is 3. The molecule has 5 aromatic rings. The number of thiophene rings is 1. The van der Waals surface area contributed by atoms with E-state index in [1.807, 2.05) is 36.6 Å². The first-order chi connectivity index (χ1) is 24.0. The van der Waals surface area contributed by atoms with Gasteiger partial charge in [-0.25, -0.2) is 9.18 Å². The summed E-state index contributed by atoms with van der Waals surface area (Å²) in [5.41, 5.74) is 3.19. The first kappa shape index (κ1) is 36.1. The topological polar surface area (TPSA) is 114 Å². The molecule has 0 fully saturated rings. The van der Waals surface area contributed by atoms with Gasteiger partial charge >= 0.3 is 5.97 Å². The number of benzene rings is 4. The molecule has 0 radical (unpaired) electrons. The summed E-state index contributed by atoms with van der Waals surface area (Å²) in [4.78, 5) is 53.3. The molecule has 0 aliphatic carbocycles. The van der Waals surface area contributed by atoms with Crippen molar-refractivity contribution in [1.82, 2.24) is 5.32 Å². The van der Waals surface area contributed by atoms with Gasteiger partial charge in [-0.3, -0.25) is 14.4 Å². The Morgan fingerprint density at radius 1 is 0.920 bits per heavy atom. The molecule has 0 saturated heterocycles. The third-order valence-corrected chi connectivity index (χ3v) is 9.69. The number of amides is 3. The number of anilines is 2. The molecule has 12 heteroatoms. The van der Waals surface area contributed by atoms with Crippen LogP contribution in [0.1, 0.15) is 38.8 Å². The number of halogens is 2. The van der Waals surface area contributed by atoms with E-state index in [1.54, 1.807) is 61.5 Å². The molecule has 5 rings (SSSR count). The Balaban J connectivity index is 1.32. The van der Waals surface area contributed by atoms with Gasteiger partial charge in [0, 0.05) is 32.7 Å². The Bertz CT molecular complexity index is 2060. The molecule has 0 aliphatic heterocycles. The standard InChI is InChI=1S/C38H31ClFN3O5S2/c1-22-15-17-24(18-16-22)29-21-49-37(33(29)38(47)48-3)43-34(44)23(2)50-27-12-7-11-26(19-27)41-36(46)32(20-28-30(39)13-8-14-31(28)40)42-35(45)25-9-5-4-6-10-25/h4-21,23H,1-3H3,(H,41,46)(H,42,45)(H,43,44)/b32-20+. The summed E-state index contributed by atoms with van der Waals surface area (Å²) in [5, 5.41) is 9.80. The van der Waals surface area contributed by atoms with E-state index in [-0.39, 0.29) is 27.8 Å². The van der Waals surface area contributed by atoms with Crippen LogP contribution in [0.3, 0.4) is 0 Å². The average Bonchev–Trinajstić information content (AvgIpc) is 3.53. The Morgan fingerprint density at radius 2 is 1.64 bits per heavy atom. The van der Waals surface area contributed by atoms with Crippen molar-refractivity contribution < 1.29 is 28.3 Å². The second-order valence-electron chi connectivity index (χ2n) is 11.0. The van der Waals surface area contributed by atoms with Crippen molar-refractivity contribution in [2.24, 2.45) is 0 Å². The normalized spacial score (nSPS) is 11.7. The van der Waals surface area contributed by atoms with Crippen molar-refractivity contribution in [2.75, 3.05) is 17.7 Å². The number of methoxy groups -OCH3 is 1. The zero-order chi connectivity index (χ0) is 35.8. The maximum absolute atomic E-state index is 14.7. The van der Waals surface area contributed by atoms with Crippen LogP contribution in [0, 0.1) is 12.7 Å². The molecule has 0 bridgehead atoms. The van der Waals surface area contributed by atoms with E-state index < -0.39 is 28.9 Å². The fraction of sp³-hybridized carbons (Fsp3) is 0.105. The van der Waals surface area contributed by atoms with Crippen molar-refractivity contribution in [3.05, 3.63) is 141 Å². The van der Waals surface area contributed by atoms with Gasteiger partial charge in [0.1, 0.15) is 22.1 Å². The lowest BCUT2D eigenvalue weighted by Gasteiger charge is -2.14. The zero-order valence-electron chi connectivity index (χ0n) is 27.1. The van der Waals surface area contributed by atoms with Gasteiger partial charge in [0.25, 0.3) is 11.8 Å². The lowest BCUT2D eigenvalue weighted by molar-refractivity contribution is -0.115. The van der Waals surface area contributed by atoms with Crippen LogP contribution in [-0.4, -0.2) is 36.1 Å². The third kappa shape index (κ3) is 8.86. The largest absolute Gasteiger partial charge is 0.465 e. The highest BCUT2D eigenvalue weighted by atomic mass is 35.5. The maximum Gasteiger partial charge on any atom is 0.341 e.